The molecular formula is C17H24N2O. The molecule has 108 valence electrons. The van der Waals surface area contributed by atoms with E-state index in [4.69, 9.17) is 5.73 Å². The lowest BCUT2D eigenvalue weighted by molar-refractivity contribution is -0.120. The summed E-state index contributed by atoms with van der Waals surface area (Å²) in [7, 11) is 0. The molecule has 2 unspecified atom stereocenters. The van der Waals surface area contributed by atoms with Gasteiger partial charge in [-0.2, -0.15) is 0 Å². The number of aryl methyl sites for hydroxylation is 1. The van der Waals surface area contributed by atoms with Crippen LogP contribution in [0.2, 0.25) is 0 Å². The Kier molecular flexibility index (Phi) is 3.13. The molecule has 3 heteroatoms. The van der Waals surface area contributed by atoms with Crippen LogP contribution in [0.1, 0.15) is 44.7 Å². The number of carbonyl (C=O) groups is 1. The van der Waals surface area contributed by atoms with Crippen molar-refractivity contribution in [1.82, 2.24) is 0 Å². The zero-order valence-electron chi connectivity index (χ0n) is 12.6. The third-order valence-electron chi connectivity index (χ3n) is 5.26. The predicted octanol–water partition coefficient (Wildman–Crippen LogP) is 2.65. The van der Waals surface area contributed by atoms with Crippen molar-refractivity contribution < 1.29 is 4.79 Å². The first-order valence-corrected chi connectivity index (χ1v) is 7.65. The number of carbonyl (C=O) groups excluding carboxylic acids is 1. The van der Waals surface area contributed by atoms with Crippen LogP contribution in [0.5, 0.6) is 0 Å². The van der Waals surface area contributed by atoms with Crippen LogP contribution in [-0.2, 0) is 17.6 Å². The molecule has 0 aromatic heterocycles. The van der Waals surface area contributed by atoms with Gasteiger partial charge in [-0.15, -0.1) is 0 Å². The van der Waals surface area contributed by atoms with Gasteiger partial charge in [0.25, 0.3) is 0 Å². The third-order valence-corrected chi connectivity index (χ3v) is 5.26. The Morgan fingerprint density at radius 2 is 2.05 bits per heavy atom. The Labute approximate surface area is 121 Å². The van der Waals surface area contributed by atoms with Crippen LogP contribution in [0.4, 0.5) is 5.69 Å². The lowest BCUT2D eigenvalue weighted by atomic mass is 9.80. The second-order valence-electron chi connectivity index (χ2n) is 6.84. The maximum atomic E-state index is 12.7. The summed E-state index contributed by atoms with van der Waals surface area (Å²) in [4.78, 5) is 14.8. The molecule has 3 rings (SSSR count). The van der Waals surface area contributed by atoms with Crippen molar-refractivity contribution in [3.63, 3.8) is 0 Å². The number of benzene rings is 1. The average molecular weight is 272 g/mol. The molecule has 0 saturated carbocycles. The minimum absolute atomic E-state index is 0.107. The van der Waals surface area contributed by atoms with Crippen molar-refractivity contribution in [2.24, 2.45) is 11.1 Å². The molecule has 2 aliphatic rings. The Morgan fingerprint density at radius 1 is 1.35 bits per heavy atom. The summed E-state index contributed by atoms with van der Waals surface area (Å²) in [6, 6.07) is 6.32. The highest BCUT2D eigenvalue weighted by atomic mass is 16.2. The molecule has 1 amide bonds. The van der Waals surface area contributed by atoms with E-state index in [-0.39, 0.29) is 23.4 Å². The maximum Gasteiger partial charge on any atom is 0.244 e. The minimum atomic E-state index is -0.358. The van der Waals surface area contributed by atoms with Gasteiger partial charge in [0.05, 0.1) is 11.7 Å². The van der Waals surface area contributed by atoms with Gasteiger partial charge in [-0.05, 0) is 42.2 Å². The molecule has 0 bridgehead atoms. The summed E-state index contributed by atoms with van der Waals surface area (Å²) < 4.78 is 0. The van der Waals surface area contributed by atoms with E-state index < -0.39 is 0 Å². The van der Waals surface area contributed by atoms with Crippen LogP contribution < -0.4 is 10.6 Å². The number of amides is 1. The number of nitrogens with zero attached hydrogens (tertiary/aromatic N) is 1. The molecule has 3 nitrogen and oxygen atoms in total. The van der Waals surface area contributed by atoms with Gasteiger partial charge in [0.2, 0.25) is 5.91 Å². The SMILES string of the molecule is CCC(C)(C)C1Cc2cccc3c2N1C(=O)C(N)CC3. The van der Waals surface area contributed by atoms with E-state index in [0.29, 0.717) is 0 Å². The first-order chi connectivity index (χ1) is 9.45. The molecule has 20 heavy (non-hydrogen) atoms. The minimum Gasteiger partial charge on any atom is -0.320 e. The van der Waals surface area contributed by atoms with Crippen LogP contribution in [0.15, 0.2) is 18.2 Å². The molecule has 1 aromatic rings. The van der Waals surface area contributed by atoms with Crippen LogP contribution in [0.25, 0.3) is 0 Å². The number of para-hydroxylation sites is 1. The molecule has 2 aliphatic heterocycles. The van der Waals surface area contributed by atoms with Crippen LogP contribution in [-0.4, -0.2) is 18.0 Å². The van der Waals surface area contributed by atoms with E-state index in [0.717, 1.165) is 31.4 Å². The largest absolute Gasteiger partial charge is 0.320 e. The Balaban J connectivity index is 2.14. The number of anilines is 1. The normalized spacial score (nSPS) is 25.6. The second-order valence-corrected chi connectivity index (χ2v) is 6.84. The number of nitrogens with two attached hydrogens (primary N) is 1. The van der Waals surface area contributed by atoms with E-state index in [1.807, 2.05) is 4.90 Å². The Hall–Kier alpha value is -1.35. The van der Waals surface area contributed by atoms with Gasteiger partial charge in [0, 0.05) is 6.04 Å². The van der Waals surface area contributed by atoms with Gasteiger partial charge < -0.3 is 10.6 Å². The lowest BCUT2D eigenvalue weighted by Crippen LogP contribution is -2.51. The summed E-state index contributed by atoms with van der Waals surface area (Å²) >= 11 is 0. The van der Waals surface area contributed by atoms with E-state index in [1.165, 1.54) is 11.1 Å². The molecule has 0 aliphatic carbocycles. The molecular weight excluding hydrogens is 248 g/mol. The first-order valence-electron chi connectivity index (χ1n) is 7.65. The Bertz CT molecular complexity index is 550. The third kappa shape index (κ3) is 1.87. The standard InChI is InChI=1S/C17H24N2O/c1-4-17(2,3)14-10-12-7-5-6-11-8-9-13(18)16(20)19(14)15(11)12/h5-7,13-14H,4,8-10,18H2,1-3H3. The molecule has 0 fully saturated rings. The summed E-state index contributed by atoms with van der Waals surface area (Å²) in [5.74, 6) is 0.111. The number of hydrogen-bond acceptors (Lipinski definition) is 2. The van der Waals surface area contributed by atoms with Crippen molar-refractivity contribution in [2.45, 2.75) is 58.5 Å². The topological polar surface area (TPSA) is 46.3 Å². The van der Waals surface area contributed by atoms with E-state index >= 15 is 0 Å². The van der Waals surface area contributed by atoms with Crippen molar-refractivity contribution in [3.8, 4) is 0 Å². The lowest BCUT2D eigenvalue weighted by Gasteiger charge is -2.38. The molecule has 1 aromatic carbocycles. The molecule has 0 spiro atoms. The summed E-state index contributed by atoms with van der Waals surface area (Å²) in [6.45, 7) is 6.71. The second kappa shape index (κ2) is 4.59. The highest BCUT2D eigenvalue weighted by molar-refractivity contribution is 6.01. The predicted molar refractivity (Wildman–Crippen MR) is 81.8 cm³/mol. The quantitative estimate of drug-likeness (QED) is 0.899. The molecule has 2 heterocycles. The van der Waals surface area contributed by atoms with Crippen molar-refractivity contribution in [2.75, 3.05) is 4.90 Å². The van der Waals surface area contributed by atoms with Crippen molar-refractivity contribution in [1.29, 1.82) is 0 Å². The monoisotopic (exact) mass is 272 g/mol. The smallest absolute Gasteiger partial charge is 0.244 e. The van der Waals surface area contributed by atoms with Crippen molar-refractivity contribution in [3.05, 3.63) is 29.3 Å². The van der Waals surface area contributed by atoms with Gasteiger partial charge in [-0.25, -0.2) is 0 Å². The van der Waals surface area contributed by atoms with Gasteiger partial charge >= 0.3 is 0 Å². The molecule has 2 atom stereocenters. The molecule has 0 radical (unpaired) electrons. The number of rotatable bonds is 2. The summed E-state index contributed by atoms with van der Waals surface area (Å²) in [5, 5.41) is 0. The fraction of sp³-hybridized carbons (Fsp3) is 0.588. The zero-order valence-corrected chi connectivity index (χ0v) is 12.6. The van der Waals surface area contributed by atoms with Crippen LogP contribution >= 0.6 is 0 Å². The van der Waals surface area contributed by atoms with Crippen molar-refractivity contribution >= 4 is 11.6 Å². The van der Waals surface area contributed by atoms with Gasteiger partial charge in [-0.1, -0.05) is 39.0 Å². The van der Waals surface area contributed by atoms with Crippen LogP contribution in [0, 0.1) is 5.41 Å². The molecule has 0 saturated heterocycles. The summed E-state index contributed by atoms with van der Waals surface area (Å²) in [6.07, 6.45) is 3.68. The Morgan fingerprint density at radius 3 is 2.75 bits per heavy atom. The van der Waals surface area contributed by atoms with Gasteiger partial charge in [-0.3, -0.25) is 4.79 Å². The van der Waals surface area contributed by atoms with E-state index in [2.05, 4.69) is 39.0 Å². The highest BCUT2D eigenvalue weighted by Gasteiger charge is 2.45. The highest BCUT2D eigenvalue weighted by Crippen LogP contribution is 2.45. The average Bonchev–Trinajstić information content (AvgIpc) is 2.78. The fourth-order valence-electron chi connectivity index (χ4n) is 3.51. The fourth-order valence-corrected chi connectivity index (χ4v) is 3.51. The van der Waals surface area contributed by atoms with E-state index in [9.17, 15) is 4.79 Å². The van der Waals surface area contributed by atoms with Gasteiger partial charge in [0.1, 0.15) is 0 Å². The van der Waals surface area contributed by atoms with E-state index in [1.54, 1.807) is 0 Å². The first kappa shape index (κ1) is 13.6. The van der Waals surface area contributed by atoms with Crippen LogP contribution in [0.3, 0.4) is 0 Å². The summed E-state index contributed by atoms with van der Waals surface area (Å²) in [5.41, 5.74) is 9.98. The zero-order chi connectivity index (χ0) is 14.5. The van der Waals surface area contributed by atoms with Gasteiger partial charge in [0.15, 0.2) is 0 Å². The maximum absolute atomic E-state index is 12.7. The number of hydrogen-bond donors (Lipinski definition) is 1. The molecule has 2 N–H and O–H groups in total.